The zero-order chi connectivity index (χ0) is 17.9. The van der Waals surface area contributed by atoms with Crippen molar-refractivity contribution < 1.29 is 9.53 Å². The number of benzene rings is 2. The second kappa shape index (κ2) is 7.30. The topological polar surface area (TPSA) is 38.3 Å². The predicted octanol–water partition coefficient (Wildman–Crippen LogP) is 4.56. The van der Waals surface area contributed by atoms with E-state index in [1.807, 2.05) is 12.1 Å². The van der Waals surface area contributed by atoms with Gasteiger partial charge in [0.05, 0.1) is 6.61 Å². The Kier molecular flexibility index (Phi) is 5.12. The third-order valence-corrected chi connectivity index (χ3v) is 4.82. The van der Waals surface area contributed by atoms with Crippen LogP contribution in [-0.4, -0.2) is 19.1 Å². The number of rotatable bonds is 7. The third kappa shape index (κ3) is 4.85. The van der Waals surface area contributed by atoms with Crippen LogP contribution in [-0.2, 0) is 10.2 Å². The molecule has 0 bridgehead atoms. The number of amides is 1. The van der Waals surface area contributed by atoms with Crippen molar-refractivity contribution in [2.24, 2.45) is 5.92 Å². The molecule has 0 saturated heterocycles. The zero-order valence-corrected chi connectivity index (χ0v) is 15.3. The fraction of sp³-hybridized carbons (Fsp3) is 0.409. The average Bonchev–Trinajstić information content (AvgIpc) is 3.43. The van der Waals surface area contributed by atoms with E-state index in [2.05, 4.69) is 55.6 Å². The second-order valence-corrected chi connectivity index (χ2v) is 7.65. The Hall–Kier alpha value is -2.29. The largest absolute Gasteiger partial charge is 0.493 e. The Morgan fingerprint density at radius 2 is 1.60 bits per heavy atom. The summed E-state index contributed by atoms with van der Waals surface area (Å²) in [6.07, 6.45) is 2.62. The molecule has 1 amide bonds. The lowest BCUT2D eigenvalue weighted by atomic mass is 9.84. The highest BCUT2D eigenvalue weighted by atomic mass is 16.5. The SMILES string of the molecule is CC(=O)NCC(C)(C)c1ccc(-c2ccc(OCC3CC3)cc2)cc1. The molecular formula is C22H27NO2. The maximum atomic E-state index is 11.2. The molecular weight excluding hydrogens is 310 g/mol. The standard InChI is InChI=1S/C22H27NO2/c1-16(24)23-15-22(2,3)20-10-6-18(7-11-20)19-8-12-21(13-9-19)25-14-17-4-5-17/h6-13,17H,4-5,14-15H2,1-3H3,(H,23,24). The van der Waals surface area contributed by atoms with Gasteiger partial charge in [-0.1, -0.05) is 50.2 Å². The van der Waals surface area contributed by atoms with E-state index in [-0.39, 0.29) is 11.3 Å². The van der Waals surface area contributed by atoms with Gasteiger partial charge in [-0.2, -0.15) is 0 Å². The molecule has 0 radical (unpaired) electrons. The Balaban J connectivity index is 1.65. The molecule has 0 aliphatic heterocycles. The van der Waals surface area contributed by atoms with Crippen LogP contribution in [0.25, 0.3) is 11.1 Å². The van der Waals surface area contributed by atoms with Crippen molar-refractivity contribution in [2.75, 3.05) is 13.2 Å². The van der Waals surface area contributed by atoms with Crippen LogP contribution in [0, 0.1) is 5.92 Å². The smallest absolute Gasteiger partial charge is 0.216 e. The molecule has 3 heteroatoms. The van der Waals surface area contributed by atoms with Gasteiger partial charge in [-0.25, -0.2) is 0 Å². The van der Waals surface area contributed by atoms with E-state index < -0.39 is 0 Å². The van der Waals surface area contributed by atoms with Crippen LogP contribution in [0.5, 0.6) is 5.75 Å². The summed E-state index contributed by atoms with van der Waals surface area (Å²) in [4.78, 5) is 11.2. The molecule has 1 fully saturated rings. The molecule has 1 saturated carbocycles. The van der Waals surface area contributed by atoms with Crippen molar-refractivity contribution in [3.05, 3.63) is 54.1 Å². The lowest BCUT2D eigenvalue weighted by Gasteiger charge is -2.25. The van der Waals surface area contributed by atoms with Crippen molar-refractivity contribution in [2.45, 2.75) is 39.0 Å². The zero-order valence-electron chi connectivity index (χ0n) is 15.3. The summed E-state index contributed by atoms with van der Waals surface area (Å²) < 4.78 is 5.80. The minimum Gasteiger partial charge on any atom is -0.493 e. The van der Waals surface area contributed by atoms with Gasteiger partial charge in [0, 0.05) is 18.9 Å². The maximum Gasteiger partial charge on any atom is 0.216 e. The summed E-state index contributed by atoms with van der Waals surface area (Å²) in [5, 5.41) is 2.91. The molecule has 132 valence electrons. The fourth-order valence-corrected chi connectivity index (χ4v) is 2.80. The Morgan fingerprint density at radius 3 is 2.12 bits per heavy atom. The highest BCUT2D eigenvalue weighted by Crippen LogP contribution is 2.30. The lowest BCUT2D eigenvalue weighted by Crippen LogP contribution is -2.35. The Morgan fingerprint density at radius 1 is 1.04 bits per heavy atom. The van der Waals surface area contributed by atoms with Gasteiger partial charge in [0.1, 0.15) is 5.75 Å². The van der Waals surface area contributed by atoms with Crippen molar-refractivity contribution in [1.82, 2.24) is 5.32 Å². The third-order valence-electron chi connectivity index (χ3n) is 4.82. The first-order valence-electron chi connectivity index (χ1n) is 9.02. The van der Waals surface area contributed by atoms with E-state index in [1.54, 1.807) is 6.92 Å². The number of carbonyl (C=O) groups excluding carboxylic acids is 1. The number of hydrogen-bond acceptors (Lipinski definition) is 2. The molecule has 3 nitrogen and oxygen atoms in total. The number of carbonyl (C=O) groups is 1. The number of nitrogens with one attached hydrogen (secondary N) is 1. The van der Waals surface area contributed by atoms with Crippen LogP contribution >= 0.6 is 0 Å². The quantitative estimate of drug-likeness (QED) is 0.804. The molecule has 0 unspecified atom stereocenters. The fourth-order valence-electron chi connectivity index (χ4n) is 2.80. The van der Waals surface area contributed by atoms with Crippen LogP contribution < -0.4 is 10.1 Å². The first-order valence-corrected chi connectivity index (χ1v) is 9.02. The summed E-state index contributed by atoms with van der Waals surface area (Å²) in [5.74, 6) is 1.73. The van der Waals surface area contributed by atoms with Crippen molar-refractivity contribution in [3.8, 4) is 16.9 Å². The predicted molar refractivity (Wildman–Crippen MR) is 102 cm³/mol. The molecule has 1 aliphatic carbocycles. The van der Waals surface area contributed by atoms with Gasteiger partial charge in [0.2, 0.25) is 5.91 Å². The van der Waals surface area contributed by atoms with Crippen LogP contribution in [0.15, 0.2) is 48.5 Å². The molecule has 1 N–H and O–H groups in total. The first kappa shape index (κ1) is 17.5. The molecule has 1 aliphatic rings. The van der Waals surface area contributed by atoms with Crippen molar-refractivity contribution in [3.63, 3.8) is 0 Å². The second-order valence-electron chi connectivity index (χ2n) is 7.65. The van der Waals surface area contributed by atoms with E-state index in [0.29, 0.717) is 6.54 Å². The molecule has 0 atom stereocenters. The van der Waals surface area contributed by atoms with E-state index in [9.17, 15) is 4.79 Å². The van der Waals surface area contributed by atoms with Gasteiger partial charge in [-0.3, -0.25) is 4.79 Å². The average molecular weight is 337 g/mol. The van der Waals surface area contributed by atoms with E-state index >= 15 is 0 Å². The van der Waals surface area contributed by atoms with Crippen LogP contribution in [0.2, 0.25) is 0 Å². The van der Waals surface area contributed by atoms with Gasteiger partial charge in [0.15, 0.2) is 0 Å². The van der Waals surface area contributed by atoms with Gasteiger partial charge >= 0.3 is 0 Å². The van der Waals surface area contributed by atoms with Crippen LogP contribution in [0.4, 0.5) is 0 Å². The van der Waals surface area contributed by atoms with Crippen LogP contribution in [0.3, 0.4) is 0 Å². The first-order chi connectivity index (χ1) is 11.9. The normalized spacial score (nSPS) is 14.2. The van der Waals surface area contributed by atoms with Gasteiger partial charge in [-0.15, -0.1) is 0 Å². The van der Waals surface area contributed by atoms with E-state index in [1.165, 1.54) is 29.5 Å². The Bertz CT molecular complexity index is 713. The van der Waals surface area contributed by atoms with Gasteiger partial charge in [-0.05, 0) is 47.6 Å². The molecule has 2 aromatic rings. The molecule has 2 aromatic carbocycles. The summed E-state index contributed by atoms with van der Waals surface area (Å²) >= 11 is 0. The highest BCUT2D eigenvalue weighted by molar-refractivity contribution is 5.73. The highest BCUT2D eigenvalue weighted by Gasteiger charge is 2.22. The minimum atomic E-state index is -0.0926. The maximum absolute atomic E-state index is 11.2. The number of ether oxygens (including phenoxy) is 1. The summed E-state index contributed by atoms with van der Waals surface area (Å²) in [7, 11) is 0. The minimum absolute atomic E-state index is 0.00805. The van der Waals surface area contributed by atoms with Crippen molar-refractivity contribution >= 4 is 5.91 Å². The van der Waals surface area contributed by atoms with E-state index in [4.69, 9.17) is 4.74 Å². The summed E-state index contributed by atoms with van der Waals surface area (Å²) in [5.41, 5.74) is 3.50. The van der Waals surface area contributed by atoms with Gasteiger partial charge in [0.25, 0.3) is 0 Å². The van der Waals surface area contributed by atoms with Crippen molar-refractivity contribution in [1.29, 1.82) is 0 Å². The Labute approximate surface area is 150 Å². The molecule has 25 heavy (non-hydrogen) atoms. The molecule has 3 rings (SSSR count). The monoisotopic (exact) mass is 337 g/mol. The summed E-state index contributed by atoms with van der Waals surface area (Å²) in [6, 6.07) is 16.9. The number of hydrogen-bond donors (Lipinski definition) is 1. The van der Waals surface area contributed by atoms with Gasteiger partial charge < -0.3 is 10.1 Å². The van der Waals surface area contributed by atoms with E-state index in [0.717, 1.165) is 18.3 Å². The molecule has 0 aromatic heterocycles. The summed E-state index contributed by atoms with van der Waals surface area (Å²) in [6.45, 7) is 7.32. The molecule has 0 spiro atoms. The van der Waals surface area contributed by atoms with Crippen LogP contribution in [0.1, 0.15) is 39.2 Å². The molecule has 0 heterocycles. The lowest BCUT2D eigenvalue weighted by molar-refractivity contribution is -0.119.